The van der Waals surface area contributed by atoms with Crippen molar-refractivity contribution in [2.75, 3.05) is 0 Å². The maximum absolute atomic E-state index is 12.5. The average Bonchev–Trinajstić information content (AvgIpc) is 3.18. The van der Waals surface area contributed by atoms with Gasteiger partial charge in [0.15, 0.2) is 0 Å². The molecule has 0 spiro atoms. The number of carboxylic acid groups (broad SMARTS) is 1. The minimum Gasteiger partial charge on any atom is -0.480 e. The molecule has 1 unspecified atom stereocenters. The summed E-state index contributed by atoms with van der Waals surface area (Å²) in [5.74, 6) is -0.830. The lowest BCUT2D eigenvalue weighted by atomic mass is 9.83. The van der Waals surface area contributed by atoms with E-state index in [0.717, 1.165) is 38.5 Å². The molecule has 5 heteroatoms. The summed E-state index contributed by atoms with van der Waals surface area (Å²) < 4.78 is 5.45. The lowest BCUT2D eigenvalue weighted by Gasteiger charge is -2.37. The number of nitrogens with zero attached hydrogens (tertiary/aromatic N) is 1. The Morgan fingerprint density at radius 3 is 2.10 bits per heavy atom. The average molecular weight is 297 g/mol. The lowest BCUT2D eigenvalue weighted by Crippen LogP contribution is -2.52. The van der Waals surface area contributed by atoms with E-state index in [9.17, 15) is 14.7 Å². The second-order valence-electron chi connectivity index (χ2n) is 7.30. The van der Waals surface area contributed by atoms with E-state index in [1.54, 1.807) is 0 Å². The third-order valence-electron chi connectivity index (χ3n) is 4.19. The Hall–Kier alpha value is -1.26. The van der Waals surface area contributed by atoms with Crippen LogP contribution in [0.2, 0.25) is 0 Å². The monoisotopic (exact) mass is 297 g/mol. The third kappa shape index (κ3) is 4.35. The SMILES string of the molecule is CC(C)(C)OC(=O)N(C1CC1)C(C(=O)O)C1CCCCC1. The Bertz CT molecular complexity index is 392. The van der Waals surface area contributed by atoms with Crippen LogP contribution in [0.4, 0.5) is 4.79 Å². The summed E-state index contributed by atoms with van der Waals surface area (Å²) in [4.78, 5) is 25.8. The van der Waals surface area contributed by atoms with Crippen molar-refractivity contribution in [3.8, 4) is 0 Å². The number of carboxylic acids is 1. The number of ether oxygens (including phenoxy) is 1. The minimum absolute atomic E-state index is 0.0443. The number of rotatable bonds is 4. The predicted octanol–water partition coefficient (Wildman–Crippen LogP) is 3.42. The van der Waals surface area contributed by atoms with Crippen LogP contribution in [0.1, 0.15) is 65.7 Å². The summed E-state index contributed by atoms with van der Waals surface area (Å²) in [5.41, 5.74) is -0.597. The first-order chi connectivity index (χ1) is 9.79. The van der Waals surface area contributed by atoms with E-state index in [4.69, 9.17) is 4.74 Å². The van der Waals surface area contributed by atoms with Gasteiger partial charge in [-0.05, 0) is 52.4 Å². The molecule has 2 fully saturated rings. The fourth-order valence-electron chi connectivity index (χ4n) is 3.15. The number of aliphatic carboxylic acids is 1. The summed E-state index contributed by atoms with van der Waals surface area (Å²) in [6.07, 6.45) is 6.36. The van der Waals surface area contributed by atoms with E-state index in [-0.39, 0.29) is 12.0 Å². The molecule has 1 N–H and O–H groups in total. The van der Waals surface area contributed by atoms with Crippen LogP contribution in [-0.2, 0) is 9.53 Å². The summed E-state index contributed by atoms with van der Waals surface area (Å²) in [6.45, 7) is 5.44. The van der Waals surface area contributed by atoms with Gasteiger partial charge in [0.25, 0.3) is 0 Å². The number of hydrogen-bond acceptors (Lipinski definition) is 3. The van der Waals surface area contributed by atoms with Gasteiger partial charge in [-0.15, -0.1) is 0 Å². The molecular weight excluding hydrogens is 270 g/mol. The van der Waals surface area contributed by atoms with Crippen LogP contribution in [0, 0.1) is 5.92 Å². The van der Waals surface area contributed by atoms with Crippen molar-refractivity contribution in [2.24, 2.45) is 5.92 Å². The molecule has 0 heterocycles. The normalized spacial score (nSPS) is 21.7. The highest BCUT2D eigenvalue weighted by Crippen LogP contribution is 2.36. The molecule has 0 aliphatic heterocycles. The van der Waals surface area contributed by atoms with Gasteiger partial charge in [0, 0.05) is 6.04 Å². The van der Waals surface area contributed by atoms with Gasteiger partial charge in [0.2, 0.25) is 0 Å². The van der Waals surface area contributed by atoms with Crippen molar-refractivity contribution in [2.45, 2.75) is 83.4 Å². The fourth-order valence-corrected chi connectivity index (χ4v) is 3.15. The van der Waals surface area contributed by atoms with Gasteiger partial charge >= 0.3 is 12.1 Å². The van der Waals surface area contributed by atoms with E-state index < -0.39 is 23.7 Å². The van der Waals surface area contributed by atoms with Crippen molar-refractivity contribution in [3.05, 3.63) is 0 Å². The maximum Gasteiger partial charge on any atom is 0.411 e. The third-order valence-corrected chi connectivity index (χ3v) is 4.19. The van der Waals surface area contributed by atoms with E-state index >= 15 is 0 Å². The number of amides is 1. The number of carbonyl (C=O) groups is 2. The molecule has 2 saturated carbocycles. The van der Waals surface area contributed by atoms with Gasteiger partial charge in [-0.25, -0.2) is 9.59 Å². The Kier molecular flexibility index (Phi) is 4.79. The van der Waals surface area contributed by atoms with Crippen LogP contribution < -0.4 is 0 Å². The van der Waals surface area contributed by atoms with Crippen LogP contribution in [0.3, 0.4) is 0 Å². The second kappa shape index (κ2) is 6.24. The highest BCUT2D eigenvalue weighted by molar-refractivity contribution is 5.81. The van der Waals surface area contributed by atoms with Crippen LogP contribution in [-0.4, -0.2) is 39.8 Å². The number of hydrogen-bond donors (Lipinski definition) is 1. The van der Waals surface area contributed by atoms with Crippen LogP contribution in [0.25, 0.3) is 0 Å². The van der Waals surface area contributed by atoms with Crippen molar-refractivity contribution < 1.29 is 19.4 Å². The molecule has 120 valence electrons. The van der Waals surface area contributed by atoms with Crippen molar-refractivity contribution in [1.29, 1.82) is 0 Å². The molecule has 5 nitrogen and oxygen atoms in total. The van der Waals surface area contributed by atoms with E-state index in [2.05, 4.69) is 0 Å². The summed E-state index contributed by atoms with van der Waals surface area (Å²) in [5, 5.41) is 9.67. The first kappa shape index (κ1) is 16.1. The Morgan fingerprint density at radius 1 is 1.10 bits per heavy atom. The van der Waals surface area contributed by atoms with Crippen molar-refractivity contribution in [1.82, 2.24) is 4.90 Å². The molecule has 0 aromatic heterocycles. The maximum atomic E-state index is 12.5. The minimum atomic E-state index is -0.889. The fraction of sp³-hybridized carbons (Fsp3) is 0.875. The Labute approximate surface area is 126 Å². The quantitative estimate of drug-likeness (QED) is 0.863. The highest BCUT2D eigenvalue weighted by atomic mass is 16.6. The zero-order chi connectivity index (χ0) is 15.6. The molecule has 0 bridgehead atoms. The molecule has 0 aromatic carbocycles. The number of carbonyl (C=O) groups excluding carboxylic acids is 1. The van der Waals surface area contributed by atoms with Crippen LogP contribution >= 0.6 is 0 Å². The molecule has 21 heavy (non-hydrogen) atoms. The largest absolute Gasteiger partial charge is 0.480 e. The molecule has 0 radical (unpaired) electrons. The lowest BCUT2D eigenvalue weighted by molar-refractivity contribution is -0.146. The standard InChI is InChI=1S/C16H27NO4/c1-16(2,3)21-15(20)17(12-9-10-12)13(14(18)19)11-7-5-4-6-8-11/h11-13H,4-10H2,1-3H3,(H,18,19). The van der Waals surface area contributed by atoms with E-state index in [1.165, 1.54) is 11.3 Å². The molecule has 2 rings (SSSR count). The first-order valence-electron chi connectivity index (χ1n) is 8.04. The molecule has 0 aromatic rings. The van der Waals surface area contributed by atoms with Gasteiger partial charge in [-0.2, -0.15) is 0 Å². The molecule has 0 saturated heterocycles. The van der Waals surface area contributed by atoms with Gasteiger partial charge in [0.1, 0.15) is 11.6 Å². The molecule has 2 aliphatic carbocycles. The van der Waals surface area contributed by atoms with Gasteiger partial charge in [-0.1, -0.05) is 19.3 Å². The van der Waals surface area contributed by atoms with Crippen molar-refractivity contribution >= 4 is 12.1 Å². The first-order valence-corrected chi connectivity index (χ1v) is 8.04. The highest BCUT2D eigenvalue weighted by Gasteiger charge is 2.45. The van der Waals surface area contributed by atoms with Crippen LogP contribution in [0.15, 0.2) is 0 Å². The topological polar surface area (TPSA) is 66.8 Å². The predicted molar refractivity (Wildman–Crippen MR) is 79.1 cm³/mol. The molecular formula is C16H27NO4. The van der Waals surface area contributed by atoms with E-state index in [0.29, 0.717) is 0 Å². The van der Waals surface area contributed by atoms with Gasteiger partial charge < -0.3 is 9.84 Å². The molecule has 2 aliphatic rings. The van der Waals surface area contributed by atoms with Crippen LogP contribution in [0.5, 0.6) is 0 Å². The zero-order valence-electron chi connectivity index (χ0n) is 13.3. The van der Waals surface area contributed by atoms with E-state index in [1.807, 2.05) is 20.8 Å². The van der Waals surface area contributed by atoms with Gasteiger partial charge in [-0.3, -0.25) is 4.90 Å². The van der Waals surface area contributed by atoms with Gasteiger partial charge in [0.05, 0.1) is 0 Å². The smallest absolute Gasteiger partial charge is 0.411 e. The summed E-state index contributed by atoms with van der Waals surface area (Å²) in [6, 6.07) is -0.685. The summed E-state index contributed by atoms with van der Waals surface area (Å²) >= 11 is 0. The van der Waals surface area contributed by atoms with Crippen molar-refractivity contribution in [3.63, 3.8) is 0 Å². The Morgan fingerprint density at radius 2 is 1.67 bits per heavy atom. The molecule has 1 atom stereocenters. The Balaban J connectivity index is 2.16. The second-order valence-corrected chi connectivity index (χ2v) is 7.30. The zero-order valence-corrected chi connectivity index (χ0v) is 13.3. The summed E-state index contributed by atoms with van der Waals surface area (Å²) in [7, 11) is 0. The molecule has 1 amide bonds.